The van der Waals surface area contributed by atoms with E-state index in [4.69, 9.17) is 15.8 Å². The first-order valence-corrected chi connectivity index (χ1v) is 11.0. The summed E-state index contributed by atoms with van der Waals surface area (Å²) >= 11 is 0. The lowest BCUT2D eigenvalue weighted by Crippen LogP contribution is -2.30. The van der Waals surface area contributed by atoms with Gasteiger partial charge < -0.3 is 9.08 Å². The first kappa shape index (κ1) is 18.6. The summed E-state index contributed by atoms with van der Waals surface area (Å²) in [6, 6.07) is 10.0. The van der Waals surface area contributed by atoms with E-state index in [1.54, 1.807) is 6.07 Å². The molecule has 8 nitrogen and oxygen atoms in total. The van der Waals surface area contributed by atoms with Gasteiger partial charge in [-0.2, -0.15) is 13.6 Å². The van der Waals surface area contributed by atoms with Gasteiger partial charge in [0.15, 0.2) is 5.75 Å². The summed E-state index contributed by atoms with van der Waals surface area (Å²) in [6.45, 7) is 0.295. The quantitative estimate of drug-likeness (QED) is 0.751. The molecule has 1 aliphatic rings. The van der Waals surface area contributed by atoms with Crippen LogP contribution in [0.25, 0.3) is 0 Å². The van der Waals surface area contributed by atoms with Gasteiger partial charge in [-0.1, -0.05) is 12.1 Å². The Labute approximate surface area is 154 Å². The predicted octanol–water partition coefficient (Wildman–Crippen LogP) is 1.40. The van der Waals surface area contributed by atoms with Gasteiger partial charge in [-0.15, -0.1) is 0 Å². The van der Waals surface area contributed by atoms with E-state index in [2.05, 4.69) is 4.18 Å². The second-order valence-corrected chi connectivity index (χ2v) is 9.23. The van der Waals surface area contributed by atoms with Gasteiger partial charge in [0.2, 0.25) is 0 Å². The average Bonchev–Trinajstić information content (AvgIpc) is 2.95. The highest BCUT2D eigenvalue weighted by Gasteiger charge is 2.29. The Bertz CT molecular complexity index is 1100. The van der Waals surface area contributed by atoms with Crippen molar-refractivity contribution in [2.24, 2.45) is 5.14 Å². The van der Waals surface area contributed by atoms with Crippen LogP contribution < -0.4 is 14.2 Å². The molecule has 0 unspecified atom stereocenters. The number of nitrogens with two attached hydrogens (primary N) is 1. The number of anilines is 1. The molecule has 11 heteroatoms. The number of amides is 1. The molecule has 1 aliphatic heterocycles. The number of para-hydroxylation sites is 1. The molecule has 0 radical (unpaired) electrons. The number of fused-ring (bicyclic) bond motifs is 1. The Hall–Kier alpha value is -2.14. The van der Waals surface area contributed by atoms with Crippen molar-refractivity contribution in [3.8, 4) is 5.75 Å². The molecule has 2 aromatic carbocycles. The highest BCUT2D eigenvalue weighted by Crippen LogP contribution is 2.33. The lowest BCUT2D eigenvalue weighted by molar-refractivity contribution is 0.0988. The summed E-state index contributed by atoms with van der Waals surface area (Å²) in [5.74, 6) is -0.683. The molecular formula is C15H13ClN2O6S2. The van der Waals surface area contributed by atoms with E-state index in [9.17, 15) is 21.6 Å². The van der Waals surface area contributed by atoms with Crippen LogP contribution in [0, 0.1) is 0 Å². The molecule has 138 valence electrons. The van der Waals surface area contributed by atoms with Crippen molar-refractivity contribution in [1.29, 1.82) is 0 Å². The van der Waals surface area contributed by atoms with Crippen LogP contribution in [0.3, 0.4) is 0 Å². The van der Waals surface area contributed by atoms with Gasteiger partial charge in [0.05, 0.1) is 10.5 Å². The maximum atomic E-state index is 12.9. The maximum absolute atomic E-state index is 12.9. The van der Waals surface area contributed by atoms with Crippen molar-refractivity contribution in [3.05, 3.63) is 53.6 Å². The second kappa shape index (κ2) is 6.54. The van der Waals surface area contributed by atoms with E-state index in [1.165, 1.54) is 41.3 Å². The lowest BCUT2D eigenvalue weighted by Gasteiger charge is -2.19. The van der Waals surface area contributed by atoms with Gasteiger partial charge in [-0.05, 0) is 42.3 Å². The second-order valence-electron chi connectivity index (χ2n) is 5.51. The Morgan fingerprint density at radius 1 is 1.12 bits per heavy atom. The lowest BCUT2D eigenvalue weighted by atomic mass is 10.1. The minimum atomic E-state index is -4.29. The first-order chi connectivity index (χ1) is 12.1. The molecular weight excluding hydrogens is 404 g/mol. The Balaban J connectivity index is 1.98. The maximum Gasteiger partial charge on any atom is 0.380 e. The molecule has 0 fully saturated rings. The number of hydrogen-bond donors (Lipinski definition) is 1. The van der Waals surface area contributed by atoms with E-state index < -0.39 is 25.3 Å². The summed E-state index contributed by atoms with van der Waals surface area (Å²) in [5, 5.41) is 4.88. The SMILES string of the molecule is NS(=O)(=O)Oc1ccccc1C(=O)N1CCc2cc(S(=O)(=O)Cl)ccc21. The fourth-order valence-corrected chi connectivity index (χ4v) is 3.92. The Kier molecular flexibility index (Phi) is 4.69. The molecule has 0 saturated carbocycles. The smallest absolute Gasteiger partial charge is 0.370 e. The van der Waals surface area contributed by atoms with Gasteiger partial charge in [-0.3, -0.25) is 4.79 Å². The summed E-state index contributed by atoms with van der Waals surface area (Å²) < 4.78 is 49.9. The molecule has 26 heavy (non-hydrogen) atoms. The van der Waals surface area contributed by atoms with Crippen LogP contribution in [0.4, 0.5) is 5.69 Å². The standard InChI is InChI=1S/C15H13ClN2O6S2/c16-25(20,21)11-5-6-13-10(9-11)7-8-18(13)15(19)12-3-1-2-4-14(12)24-26(17,22)23/h1-6,9H,7-8H2,(H2,17,22,23). The van der Waals surface area contributed by atoms with Crippen LogP contribution in [-0.2, 0) is 25.8 Å². The number of benzene rings is 2. The zero-order valence-corrected chi connectivity index (χ0v) is 15.5. The van der Waals surface area contributed by atoms with Crippen molar-refractivity contribution in [1.82, 2.24) is 0 Å². The molecule has 0 atom stereocenters. The van der Waals surface area contributed by atoms with E-state index in [0.717, 1.165) is 0 Å². The van der Waals surface area contributed by atoms with Crippen LogP contribution in [-0.4, -0.2) is 29.3 Å². The molecule has 1 amide bonds. The van der Waals surface area contributed by atoms with Gasteiger partial charge in [0, 0.05) is 22.9 Å². The molecule has 0 bridgehead atoms. The van der Waals surface area contributed by atoms with E-state index >= 15 is 0 Å². The van der Waals surface area contributed by atoms with Crippen LogP contribution in [0.1, 0.15) is 15.9 Å². The molecule has 3 rings (SSSR count). The first-order valence-electron chi connectivity index (χ1n) is 7.27. The minimum Gasteiger partial charge on any atom is -0.370 e. The average molecular weight is 417 g/mol. The Morgan fingerprint density at radius 3 is 2.46 bits per heavy atom. The van der Waals surface area contributed by atoms with Crippen LogP contribution in [0.5, 0.6) is 5.75 Å². The number of carbonyl (C=O) groups excluding carboxylic acids is 1. The molecule has 0 aliphatic carbocycles. The topological polar surface area (TPSA) is 124 Å². The summed E-state index contributed by atoms with van der Waals surface area (Å²) in [4.78, 5) is 14.2. The van der Waals surface area contributed by atoms with Crippen LogP contribution in [0.2, 0.25) is 0 Å². The van der Waals surface area contributed by atoms with Crippen molar-refractivity contribution >= 4 is 41.6 Å². The third-order valence-corrected chi connectivity index (χ3v) is 5.56. The normalized spacial score (nSPS) is 14.2. The van der Waals surface area contributed by atoms with E-state index in [0.29, 0.717) is 24.2 Å². The fourth-order valence-electron chi connectivity index (χ4n) is 2.73. The van der Waals surface area contributed by atoms with Crippen LogP contribution >= 0.6 is 10.7 Å². The van der Waals surface area contributed by atoms with Gasteiger partial charge in [-0.25, -0.2) is 8.42 Å². The van der Waals surface area contributed by atoms with Crippen molar-refractivity contribution in [2.75, 3.05) is 11.4 Å². The molecule has 2 N–H and O–H groups in total. The number of carbonyl (C=O) groups is 1. The zero-order chi connectivity index (χ0) is 19.1. The highest BCUT2D eigenvalue weighted by atomic mass is 35.7. The predicted molar refractivity (Wildman–Crippen MR) is 95.0 cm³/mol. The van der Waals surface area contributed by atoms with E-state index in [1.807, 2.05) is 0 Å². The summed E-state index contributed by atoms with van der Waals surface area (Å²) in [7, 11) is -2.82. The third-order valence-electron chi connectivity index (χ3n) is 3.80. The zero-order valence-electron chi connectivity index (χ0n) is 13.1. The molecule has 1 heterocycles. The van der Waals surface area contributed by atoms with Crippen molar-refractivity contribution in [3.63, 3.8) is 0 Å². The number of rotatable bonds is 4. The molecule has 0 saturated heterocycles. The number of nitrogens with zero attached hydrogens (tertiary/aromatic N) is 1. The third kappa shape index (κ3) is 3.83. The van der Waals surface area contributed by atoms with Gasteiger partial charge in [0.1, 0.15) is 0 Å². The Morgan fingerprint density at radius 2 is 1.81 bits per heavy atom. The van der Waals surface area contributed by atoms with E-state index in [-0.39, 0.29) is 16.2 Å². The molecule has 2 aromatic rings. The molecule has 0 spiro atoms. The highest BCUT2D eigenvalue weighted by molar-refractivity contribution is 8.13. The monoisotopic (exact) mass is 416 g/mol. The van der Waals surface area contributed by atoms with Crippen LogP contribution in [0.15, 0.2) is 47.4 Å². The fraction of sp³-hybridized carbons (Fsp3) is 0.133. The summed E-state index contributed by atoms with van der Waals surface area (Å²) in [5.41, 5.74) is 1.18. The van der Waals surface area contributed by atoms with Gasteiger partial charge in [0.25, 0.3) is 15.0 Å². The van der Waals surface area contributed by atoms with Crippen molar-refractivity contribution in [2.45, 2.75) is 11.3 Å². The summed E-state index contributed by atoms with van der Waals surface area (Å²) in [6.07, 6.45) is 0.430. The van der Waals surface area contributed by atoms with Crippen molar-refractivity contribution < 1.29 is 25.8 Å². The number of halogens is 1. The minimum absolute atomic E-state index is 0.0171. The molecule has 0 aromatic heterocycles. The van der Waals surface area contributed by atoms with Gasteiger partial charge >= 0.3 is 10.3 Å². The number of hydrogen-bond acceptors (Lipinski definition) is 6. The largest absolute Gasteiger partial charge is 0.380 e.